The standard InChI is InChI=1S/C66H62.C33H31Br.H2/c1-61(2,3)41-23-29-49-50-30-24-42(62(4,5)6)36-58(50)65(57(49)35-41)53-19-15-13-17-45(53)47-27-21-39(33-55(47)65)40-22-28-48-46-18-14-16-20-54(46)66(56(48)34-40)59-37-43(63(7,8)9)25-31-51(59)52-32-26-44(38-60(52)66)64(10,11)12;1-31(2,3)20-11-14-24-25-15-12-21(32(4,5)6)18-29(25)33(28(24)17-20)27-10-8-7-9-23(27)26-16-13-22(34)19-30(26)33;/h13-38H,1-12H3;7-19H,1-6H3;1H/i;;1+1D. The fourth-order valence-corrected chi connectivity index (χ4v) is 19.0. The van der Waals surface area contributed by atoms with Crippen molar-refractivity contribution in [1.29, 1.82) is 0 Å². The lowest BCUT2D eigenvalue weighted by Gasteiger charge is -2.33. The molecule has 0 nitrogen and oxygen atoms in total. The molecule has 12 aromatic carbocycles. The third-order valence-corrected chi connectivity index (χ3v) is 24.5. The third kappa shape index (κ3) is 9.01. The van der Waals surface area contributed by atoms with Crippen molar-refractivity contribution in [2.24, 2.45) is 0 Å². The zero-order valence-electron chi connectivity index (χ0n) is 63.9. The van der Waals surface area contributed by atoms with Crippen LogP contribution < -0.4 is 0 Å². The Kier molecular flexibility index (Phi) is 13.5. The molecule has 0 saturated heterocycles. The van der Waals surface area contributed by atoms with Crippen molar-refractivity contribution in [3.8, 4) is 77.9 Å². The lowest BCUT2D eigenvalue weighted by atomic mass is 9.68. The molecule has 0 aliphatic heterocycles. The first-order valence-electron chi connectivity index (χ1n) is 37.6. The Balaban J connectivity index is 0.000000187. The number of hydrogen-bond donors (Lipinski definition) is 0. The molecule has 1 heteroatoms. The largest absolute Gasteiger partial charge is 0.0726 e. The maximum Gasteiger partial charge on any atom is 0.0726 e. The van der Waals surface area contributed by atoms with Gasteiger partial charge in [0.2, 0.25) is 0 Å². The second kappa shape index (κ2) is 21.3. The SMILES string of the molecule is CC(C)(C)c1ccc2c(c1)C1(c3ccccc3-c3ccc(-c4ccc5c(c4)C4(c6ccccc6-5)c5cc(C(C)(C)C)ccc5-c5ccc(C(C)(C)C)cc54)cc31)c1cc(C(C)(C)C)ccc1-2.CC(C)(C)c1ccc2c(c1)C1(c3ccccc3-c3ccc(Br)cc31)c1cc(C(C)(C)C)ccc1-2.[2H][2H]. The molecule has 6 aliphatic carbocycles. The topological polar surface area (TPSA) is 0 Å². The summed E-state index contributed by atoms with van der Waals surface area (Å²) < 4.78 is 11.1. The van der Waals surface area contributed by atoms with Gasteiger partial charge in [0.1, 0.15) is 0 Å². The van der Waals surface area contributed by atoms with E-state index in [0.29, 0.717) is 0 Å². The number of halogens is 1. The molecule has 0 amide bonds. The van der Waals surface area contributed by atoms with Crippen molar-refractivity contribution in [2.45, 2.75) is 173 Å². The minimum Gasteiger partial charge on any atom is -0.0619 e. The van der Waals surface area contributed by atoms with Crippen LogP contribution in [0.4, 0.5) is 0 Å². The number of rotatable bonds is 1. The molecule has 3 spiro atoms. The van der Waals surface area contributed by atoms with Gasteiger partial charge in [0.25, 0.3) is 0 Å². The van der Waals surface area contributed by atoms with Gasteiger partial charge in [-0.1, -0.05) is 353 Å². The molecule has 0 N–H and O–H groups in total. The van der Waals surface area contributed by atoms with Gasteiger partial charge in [-0.25, -0.2) is 0 Å². The molecule has 0 aromatic heterocycles. The second-order valence-corrected chi connectivity index (χ2v) is 37.1. The van der Waals surface area contributed by atoms with Crippen molar-refractivity contribution < 1.29 is 2.97 Å². The fraction of sp³-hybridized carbons (Fsp3) is 0.273. The van der Waals surface area contributed by atoms with Crippen LogP contribution in [0.2, 0.25) is 0 Å². The molecular formula is C99H95Br. The highest BCUT2D eigenvalue weighted by atomic mass is 79.9. The molecule has 0 radical (unpaired) electrons. The zero-order valence-corrected chi connectivity index (χ0v) is 63.5. The van der Waals surface area contributed by atoms with E-state index in [0.717, 1.165) is 4.47 Å². The van der Waals surface area contributed by atoms with Crippen LogP contribution in [0.15, 0.2) is 241 Å². The van der Waals surface area contributed by atoms with Gasteiger partial charge in [-0.15, -0.1) is 0 Å². The lowest BCUT2D eigenvalue weighted by Crippen LogP contribution is -2.27. The minimum atomic E-state index is -0.459. The van der Waals surface area contributed by atoms with Crippen LogP contribution in [0, 0.1) is 0 Å². The Morgan fingerprint density at radius 2 is 0.380 bits per heavy atom. The Hall–Kier alpha value is -8.88. The summed E-state index contributed by atoms with van der Waals surface area (Å²) in [7, 11) is 0. The molecule has 498 valence electrons. The van der Waals surface area contributed by atoms with Gasteiger partial charge >= 0.3 is 0 Å². The molecule has 6 aliphatic rings. The molecule has 0 saturated carbocycles. The van der Waals surface area contributed by atoms with E-state index in [2.05, 4.69) is 377 Å². The van der Waals surface area contributed by atoms with E-state index >= 15 is 0 Å². The van der Waals surface area contributed by atoms with Crippen LogP contribution >= 0.6 is 15.9 Å². The first-order chi connectivity index (χ1) is 48.3. The summed E-state index contributed by atoms with van der Waals surface area (Å²) in [4.78, 5) is 0. The predicted molar refractivity (Wildman–Crippen MR) is 429 cm³/mol. The molecule has 18 rings (SSSR count). The second-order valence-electron chi connectivity index (χ2n) is 36.2. The van der Waals surface area contributed by atoms with Crippen molar-refractivity contribution in [2.75, 3.05) is 0 Å². The van der Waals surface area contributed by atoms with Crippen LogP contribution in [0.25, 0.3) is 77.9 Å². The average Bonchev–Trinajstić information content (AvgIpc) is 1.52. The molecule has 0 fully saturated rings. The number of hydrogen-bond acceptors (Lipinski definition) is 0. The molecular weight excluding hydrogens is 1270 g/mol. The van der Waals surface area contributed by atoms with E-state index in [1.807, 2.05) is 0 Å². The third-order valence-electron chi connectivity index (χ3n) is 24.0. The molecule has 12 aromatic rings. The molecule has 100 heavy (non-hydrogen) atoms. The first kappa shape index (κ1) is 63.3. The predicted octanol–water partition coefficient (Wildman–Crippen LogP) is 26.9. The Bertz CT molecular complexity index is 5090. The molecule has 0 bridgehead atoms. The van der Waals surface area contributed by atoms with Gasteiger partial charge in [0.05, 0.1) is 16.2 Å². The van der Waals surface area contributed by atoms with Crippen LogP contribution in [0.1, 0.15) is 228 Å². The van der Waals surface area contributed by atoms with Crippen molar-refractivity contribution in [3.05, 3.63) is 341 Å². The number of fused-ring (bicyclic) bond motifs is 30. The smallest absolute Gasteiger partial charge is 0.0619 e. The van der Waals surface area contributed by atoms with Gasteiger partial charge in [0.15, 0.2) is 0 Å². The van der Waals surface area contributed by atoms with E-state index in [-0.39, 0.29) is 37.9 Å². The van der Waals surface area contributed by atoms with E-state index < -0.39 is 10.8 Å². The average molecular weight is 1370 g/mol. The van der Waals surface area contributed by atoms with Gasteiger partial charge in [-0.2, -0.15) is 0 Å². The summed E-state index contributed by atoms with van der Waals surface area (Å²) in [5.41, 5.74) is 42.7. The van der Waals surface area contributed by atoms with E-state index in [1.165, 1.54) is 178 Å². The summed E-state index contributed by atoms with van der Waals surface area (Å²) in [5, 5.41) is 0. The van der Waals surface area contributed by atoms with E-state index in [4.69, 9.17) is 2.97 Å². The van der Waals surface area contributed by atoms with Crippen LogP contribution in [0.5, 0.6) is 0 Å². The summed E-state index contributed by atoms with van der Waals surface area (Å²) in [6.45, 7) is 42.1. The zero-order chi connectivity index (χ0) is 72.1. The van der Waals surface area contributed by atoms with Gasteiger partial charge < -0.3 is 0 Å². The van der Waals surface area contributed by atoms with Crippen LogP contribution in [0.3, 0.4) is 0 Å². The highest BCUT2D eigenvalue weighted by molar-refractivity contribution is 9.10. The number of benzene rings is 12. The Labute approximate surface area is 607 Å². The highest BCUT2D eigenvalue weighted by Gasteiger charge is 2.56. The van der Waals surface area contributed by atoms with Crippen molar-refractivity contribution >= 4 is 15.9 Å². The summed E-state index contributed by atoms with van der Waals surface area (Å²) >= 11 is 3.81. The Morgan fingerprint density at radius 1 is 0.200 bits per heavy atom. The van der Waals surface area contributed by atoms with Gasteiger partial charge in [-0.3, -0.25) is 0 Å². The summed E-state index contributed by atoms with van der Waals surface area (Å²) in [6, 6.07) is 93.2. The monoisotopic (exact) mass is 1360 g/mol. The van der Waals surface area contributed by atoms with Gasteiger partial charge in [-0.05, 0) is 235 Å². The van der Waals surface area contributed by atoms with Gasteiger partial charge in [0, 0.05) is 7.44 Å². The first-order valence-corrected chi connectivity index (χ1v) is 37.4. The lowest BCUT2D eigenvalue weighted by molar-refractivity contribution is 0.586. The van der Waals surface area contributed by atoms with Crippen LogP contribution in [-0.2, 0) is 48.7 Å². The molecule has 0 unspecified atom stereocenters. The minimum absolute atomic E-state index is 0.00107. The highest BCUT2D eigenvalue weighted by Crippen LogP contribution is 2.68. The van der Waals surface area contributed by atoms with E-state index in [9.17, 15) is 0 Å². The van der Waals surface area contributed by atoms with Crippen molar-refractivity contribution in [3.63, 3.8) is 0 Å². The van der Waals surface area contributed by atoms with Crippen molar-refractivity contribution in [1.82, 2.24) is 0 Å². The quantitative estimate of drug-likeness (QED) is 0.154. The maximum atomic E-state index is 5.00. The summed E-state index contributed by atoms with van der Waals surface area (Å²) in [5.74, 6) is 0. The van der Waals surface area contributed by atoms with Crippen LogP contribution in [-0.4, -0.2) is 0 Å². The molecule has 0 atom stereocenters. The normalized spacial score (nSPS) is 15.5. The Morgan fingerprint density at radius 3 is 0.610 bits per heavy atom. The molecule has 0 heterocycles. The maximum absolute atomic E-state index is 5.00. The van der Waals surface area contributed by atoms with E-state index in [1.54, 1.807) is 0 Å². The fourth-order valence-electron chi connectivity index (χ4n) is 18.7. The summed E-state index contributed by atoms with van der Waals surface area (Å²) in [6.07, 6.45) is 0.